The molecule has 0 saturated carbocycles. The number of sulfonamides is 1. The van der Waals surface area contributed by atoms with Gasteiger partial charge in [0, 0.05) is 5.69 Å². The molecule has 0 unspecified atom stereocenters. The molecule has 0 fully saturated rings. The summed E-state index contributed by atoms with van der Waals surface area (Å²) in [4.78, 5) is 14.8. The van der Waals surface area contributed by atoms with Gasteiger partial charge in [-0.2, -0.15) is 0 Å². The van der Waals surface area contributed by atoms with E-state index >= 15 is 0 Å². The number of rotatable bonds is 6. The summed E-state index contributed by atoms with van der Waals surface area (Å²) in [6.07, 6.45) is 0. The lowest BCUT2D eigenvalue weighted by molar-refractivity contribution is 0.0946. The number of benzene rings is 3. The summed E-state index contributed by atoms with van der Waals surface area (Å²) in [5.41, 5.74) is 6.00. The molecule has 6 nitrogen and oxygen atoms in total. The highest BCUT2D eigenvalue weighted by Crippen LogP contribution is 2.23. The molecular weight excluding hydrogens is 374 g/mol. The second-order valence-corrected chi connectivity index (χ2v) is 8.04. The maximum absolute atomic E-state index is 12.6. The average molecular weight is 395 g/mol. The molecule has 0 spiro atoms. The Balaban J connectivity index is 1.76. The van der Waals surface area contributed by atoms with Crippen LogP contribution in [-0.4, -0.2) is 14.3 Å². The first kappa shape index (κ1) is 19.6. The van der Waals surface area contributed by atoms with Crippen molar-refractivity contribution in [3.05, 3.63) is 89.5 Å². The zero-order valence-electron chi connectivity index (χ0n) is 15.6. The van der Waals surface area contributed by atoms with E-state index in [1.165, 1.54) is 12.1 Å². The summed E-state index contributed by atoms with van der Waals surface area (Å²) in [6, 6.07) is 20.9. The number of anilines is 2. The van der Waals surface area contributed by atoms with Crippen LogP contribution in [0.3, 0.4) is 0 Å². The van der Waals surface area contributed by atoms with Gasteiger partial charge in [-0.05, 0) is 49.7 Å². The zero-order chi connectivity index (χ0) is 20.1. The van der Waals surface area contributed by atoms with E-state index in [2.05, 4.69) is 15.6 Å². The summed E-state index contributed by atoms with van der Waals surface area (Å²) in [5, 5.41) is 3.22. The van der Waals surface area contributed by atoms with Gasteiger partial charge in [-0.1, -0.05) is 48.0 Å². The average Bonchev–Trinajstić information content (AvgIpc) is 2.69. The maximum Gasteiger partial charge on any atom is 0.268 e. The van der Waals surface area contributed by atoms with Gasteiger partial charge in [0.05, 0.1) is 16.1 Å². The van der Waals surface area contributed by atoms with E-state index in [4.69, 9.17) is 0 Å². The summed E-state index contributed by atoms with van der Waals surface area (Å²) < 4.78 is 24.7. The van der Waals surface area contributed by atoms with Crippen LogP contribution in [0.15, 0.2) is 77.7 Å². The van der Waals surface area contributed by atoms with Crippen molar-refractivity contribution >= 4 is 27.3 Å². The molecule has 0 aliphatic carbocycles. The van der Waals surface area contributed by atoms with Crippen molar-refractivity contribution in [1.29, 1.82) is 0 Å². The Labute approximate surface area is 164 Å². The highest BCUT2D eigenvalue weighted by atomic mass is 32.2. The van der Waals surface area contributed by atoms with Gasteiger partial charge in [0.2, 0.25) is 0 Å². The van der Waals surface area contributed by atoms with E-state index in [1.807, 2.05) is 38.1 Å². The molecule has 1 amide bonds. The number of carbonyl (C=O) groups is 1. The van der Waals surface area contributed by atoms with Crippen LogP contribution in [-0.2, 0) is 10.0 Å². The van der Waals surface area contributed by atoms with Gasteiger partial charge in [-0.15, -0.1) is 4.83 Å². The van der Waals surface area contributed by atoms with Crippen LogP contribution in [0.2, 0.25) is 0 Å². The van der Waals surface area contributed by atoms with E-state index in [9.17, 15) is 13.2 Å². The zero-order valence-corrected chi connectivity index (χ0v) is 16.4. The van der Waals surface area contributed by atoms with Crippen LogP contribution in [0, 0.1) is 13.8 Å². The van der Waals surface area contributed by atoms with Gasteiger partial charge in [0.1, 0.15) is 0 Å². The highest BCUT2D eigenvalue weighted by Gasteiger charge is 2.17. The Morgan fingerprint density at radius 1 is 0.786 bits per heavy atom. The van der Waals surface area contributed by atoms with Crippen molar-refractivity contribution in [2.45, 2.75) is 18.7 Å². The van der Waals surface area contributed by atoms with Crippen LogP contribution in [0.5, 0.6) is 0 Å². The second-order valence-electron chi connectivity index (χ2n) is 6.36. The number of nitrogens with one attached hydrogen (secondary N) is 3. The van der Waals surface area contributed by atoms with E-state index < -0.39 is 15.9 Å². The predicted octanol–water partition coefficient (Wildman–Crippen LogP) is 3.67. The Hall–Kier alpha value is -3.16. The van der Waals surface area contributed by atoms with Gasteiger partial charge in [0.15, 0.2) is 0 Å². The largest absolute Gasteiger partial charge is 0.355 e. The number of amides is 1. The normalized spacial score (nSPS) is 11.1. The Morgan fingerprint density at radius 2 is 1.39 bits per heavy atom. The van der Waals surface area contributed by atoms with Gasteiger partial charge in [-0.3, -0.25) is 10.2 Å². The van der Waals surface area contributed by atoms with Gasteiger partial charge >= 0.3 is 0 Å². The lowest BCUT2D eigenvalue weighted by atomic mass is 10.1. The first-order valence-electron chi connectivity index (χ1n) is 8.67. The third-order valence-corrected chi connectivity index (χ3v) is 5.48. The molecule has 0 aliphatic heterocycles. The molecule has 0 saturated heterocycles. The predicted molar refractivity (Wildman–Crippen MR) is 110 cm³/mol. The fraction of sp³-hybridized carbons (Fsp3) is 0.0952. The van der Waals surface area contributed by atoms with Crippen molar-refractivity contribution in [2.24, 2.45) is 0 Å². The van der Waals surface area contributed by atoms with Crippen molar-refractivity contribution in [3.63, 3.8) is 0 Å². The topological polar surface area (TPSA) is 87.3 Å². The summed E-state index contributed by atoms with van der Waals surface area (Å²) in [7, 11) is -3.86. The highest BCUT2D eigenvalue weighted by molar-refractivity contribution is 7.89. The molecule has 3 N–H and O–H groups in total. The molecule has 3 aromatic carbocycles. The minimum atomic E-state index is -3.86. The van der Waals surface area contributed by atoms with Gasteiger partial charge in [0.25, 0.3) is 15.9 Å². The molecule has 0 radical (unpaired) electrons. The van der Waals surface area contributed by atoms with Crippen LogP contribution in [0.4, 0.5) is 11.4 Å². The van der Waals surface area contributed by atoms with Crippen molar-refractivity contribution in [1.82, 2.24) is 10.3 Å². The van der Waals surface area contributed by atoms with Gasteiger partial charge < -0.3 is 5.32 Å². The maximum atomic E-state index is 12.6. The van der Waals surface area contributed by atoms with E-state index in [1.54, 1.807) is 36.4 Å². The summed E-state index contributed by atoms with van der Waals surface area (Å²) in [5.74, 6) is -0.563. The molecule has 144 valence electrons. The Kier molecular flexibility index (Phi) is 5.77. The summed E-state index contributed by atoms with van der Waals surface area (Å²) in [6.45, 7) is 3.82. The molecule has 0 aliphatic rings. The van der Waals surface area contributed by atoms with Crippen LogP contribution in [0.1, 0.15) is 21.5 Å². The Bertz CT molecular complexity index is 1090. The standard InChI is InChI=1S/C21H21N3O3S/c1-15-11-13-17(14-12-15)28(26,27)24-23-21(25)18-8-4-6-10-20(18)22-19-9-5-3-7-16(19)2/h3-14,22,24H,1-2H3,(H,23,25). The Morgan fingerprint density at radius 3 is 2.07 bits per heavy atom. The minimum Gasteiger partial charge on any atom is -0.355 e. The number of hydrogen-bond acceptors (Lipinski definition) is 4. The molecule has 0 atom stereocenters. The first-order valence-corrected chi connectivity index (χ1v) is 10.2. The van der Waals surface area contributed by atoms with E-state index in [0.717, 1.165) is 16.8 Å². The lowest BCUT2D eigenvalue weighted by Crippen LogP contribution is -2.41. The van der Waals surface area contributed by atoms with Crippen molar-refractivity contribution < 1.29 is 13.2 Å². The first-order chi connectivity index (χ1) is 13.4. The second kappa shape index (κ2) is 8.24. The third-order valence-electron chi connectivity index (χ3n) is 4.22. The molecule has 28 heavy (non-hydrogen) atoms. The minimum absolute atomic E-state index is 0.0738. The molecule has 3 rings (SSSR count). The van der Waals surface area contributed by atoms with Crippen LogP contribution < -0.4 is 15.6 Å². The third kappa shape index (κ3) is 4.57. The number of hydrazine groups is 1. The number of para-hydroxylation sites is 2. The van der Waals surface area contributed by atoms with Crippen molar-refractivity contribution in [2.75, 3.05) is 5.32 Å². The monoisotopic (exact) mass is 395 g/mol. The lowest BCUT2D eigenvalue weighted by Gasteiger charge is -2.14. The smallest absolute Gasteiger partial charge is 0.268 e. The quantitative estimate of drug-likeness (QED) is 0.556. The molecule has 0 bridgehead atoms. The number of aryl methyl sites for hydroxylation is 2. The van der Waals surface area contributed by atoms with Crippen LogP contribution in [0.25, 0.3) is 0 Å². The van der Waals surface area contributed by atoms with Crippen LogP contribution >= 0.6 is 0 Å². The summed E-state index contributed by atoms with van der Waals surface area (Å²) >= 11 is 0. The molecule has 7 heteroatoms. The fourth-order valence-corrected chi connectivity index (χ4v) is 3.44. The molecule has 3 aromatic rings. The number of hydrogen-bond donors (Lipinski definition) is 3. The molecule has 0 aromatic heterocycles. The van der Waals surface area contributed by atoms with E-state index in [-0.39, 0.29) is 4.90 Å². The van der Waals surface area contributed by atoms with Gasteiger partial charge in [-0.25, -0.2) is 8.42 Å². The molecule has 0 heterocycles. The van der Waals surface area contributed by atoms with E-state index in [0.29, 0.717) is 11.3 Å². The SMILES string of the molecule is Cc1ccc(S(=O)(=O)NNC(=O)c2ccccc2Nc2ccccc2C)cc1. The van der Waals surface area contributed by atoms with Crippen molar-refractivity contribution in [3.8, 4) is 0 Å². The number of carbonyl (C=O) groups excluding carboxylic acids is 1. The fourth-order valence-electron chi connectivity index (χ4n) is 2.61. The molecular formula is C21H21N3O3S.